The second-order valence-electron chi connectivity index (χ2n) is 7.69. The van der Waals surface area contributed by atoms with E-state index in [0.29, 0.717) is 10.7 Å². The maximum absolute atomic E-state index is 12.8. The quantitative estimate of drug-likeness (QED) is 0.576. The molecule has 2 aromatic heterocycles. The second-order valence-corrected chi connectivity index (χ2v) is 8.69. The smallest absolute Gasteiger partial charge is 0.348 e. The number of thiophene rings is 1. The van der Waals surface area contributed by atoms with Crippen molar-refractivity contribution in [2.24, 2.45) is 0 Å². The molecule has 1 saturated carbocycles. The van der Waals surface area contributed by atoms with E-state index < -0.39 is 0 Å². The van der Waals surface area contributed by atoms with Gasteiger partial charge in [-0.25, -0.2) is 14.8 Å². The number of anilines is 3. The number of hydrogen-bond donors (Lipinski definition) is 1. The molecule has 0 radical (unpaired) electrons. The van der Waals surface area contributed by atoms with Crippen LogP contribution in [-0.4, -0.2) is 36.1 Å². The molecule has 4 rings (SSSR count). The number of nitrogens with one attached hydrogen (secondary N) is 1. The number of hydrogen-bond acceptors (Lipinski definition) is 7. The largest absolute Gasteiger partial charge is 0.458 e. The first kappa shape index (κ1) is 19.6. The Kier molecular flexibility index (Phi) is 5.67. The van der Waals surface area contributed by atoms with Crippen LogP contribution in [0.15, 0.2) is 30.6 Å². The molecular formula is C22H26N4O2S. The lowest BCUT2D eigenvalue weighted by atomic mass is 9.98. The first-order chi connectivity index (χ1) is 14.0. The van der Waals surface area contributed by atoms with Crippen LogP contribution in [0.5, 0.6) is 0 Å². The molecule has 1 aliphatic carbocycles. The summed E-state index contributed by atoms with van der Waals surface area (Å²) in [5.41, 5.74) is 2.94. The molecule has 0 unspecified atom stereocenters. The highest BCUT2D eigenvalue weighted by molar-refractivity contribution is 7.20. The highest BCUT2D eigenvalue weighted by Crippen LogP contribution is 2.35. The van der Waals surface area contributed by atoms with Crippen molar-refractivity contribution in [3.05, 3.63) is 41.0 Å². The van der Waals surface area contributed by atoms with Gasteiger partial charge in [-0.3, -0.25) is 0 Å². The third kappa shape index (κ3) is 4.19. The molecular weight excluding hydrogens is 384 g/mol. The Bertz CT molecular complexity index is 1010. The molecule has 2 heterocycles. The Morgan fingerprint density at radius 1 is 1.14 bits per heavy atom. The molecule has 152 valence electrons. The number of aryl methyl sites for hydroxylation is 1. The maximum atomic E-state index is 12.8. The summed E-state index contributed by atoms with van der Waals surface area (Å²) in [6.07, 6.45) is 7.00. The van der Waals surface area contributed by atoms with Crippen LogP contribution in [0.1, 0.15) is 47.3 Å². The van der Waals surface area contributed by atoms with Crippen molar-refractivity contribution in [1.82, 2.24) is 9.97 Å². The first-order valence-electron chi connectivity index (χ1n) is 10.0. The number of ether oxygens (including phenoxy) is 1. The van der Waals surface area contributed by atoms with Gasteiger partial charge >= 0.3 is 5.97 Å². The molecule has 6 nitrogen and oxygen atoms in total. The van der Waals surface area contributed by atoms with E-state index >= 15 is 0 Å². The molecule has 0 bridgehead atoms. The predicted octanol–water partition coefficient (Wildman–Crippen LogP) is 5.30. The summed E-state index contributed by atoms with van der Waals surface area (Å²) in [6.45, 7) is 1.94. The zero-order valence-corrected chi connectivity index (χ0v) is 17.9. The highest BCUT2D eigenvalue weighted by Gasteiger charge is 2.24. The molecule has 0 saturated heterocycles. The maximum Gasteiger partial charge on any atom is 0.348 e. The van der Waals surface area contributed by atoms with Gasteiger partial charge in [-0.05, 0) is 62.4 Å². The van der Waals surface area contributed by atoms with E-state index in [9.17, 15) is 4.79 Å². The number of carbonyl (C=O) groups is 1. The van der Waals surface area contributed by atoms with Crippen LogP contribution in [-0.2, 0) is 4.74 Å². The molecule has 29 heavy (non-hydrogen) atoms. The third-order valence-electron chi connectivity index (χ3n) is 5.38. The fourth-order valence-corrected chi connectivity index (χ4v) is 4.76. The zero-order chi connectivity index (χ0) is 20.4. The van der Waals surface area contributed by atoms with Gasteiger partial charge in [0.25, 0.3) is 0 Å². The van der Waals surface area contributed by atoms with E-state index in [0.717, 1.165) is 52.8 Å². The number of aromatic nitrogens is 2. The van der Waals surface area contributed by atoms with Crippen LogP contribution in [0.2, 0.25) is 0 Å². The van der Waals surface area contributed by atoms with E-state index in [4.69, 9.17) is 4.74 Å². The SMILES string of the molecule is Cc1c(C(=O)OC2CCCCC2)sc2ncnc(Nc3ccc(N(C)C)cc3)c12. The number of fused-ring (bicyclic) bond motifs is 1. The lowest BCUT2D eigenvalue weighted by Crippen LogP contribution is -2.20. The molecule has 1 aliphatic rings. The summed E-state index contributed by atoms with van der Waals surface area (Å²) < 4.78 is 5.78. The summed E-state index contributed by atoms with van der Waals surface area (Å²) in [5, 5.41) is 4.25. The minimum atomic E-state index is -0.237. The van der Waals surface area contributed by atoms with Gasteiger partial charge in [0.05, 0.1) is 5.39 Å². The molecule has 7 heteroatoms. The van der Waals surface area contributed by atoms with Gasteiger partial charge in [-0.15, -0.1) is 11.3 Å². The van der Waals surface area contributed by atoms with Crippen LogP contribution in [0.3, 0.4) is 0 Å². The van der Waals surface area contributed by atoms with Crippen molar-refractivity contribution in [3.63, 3.8) is 0 Å². The second kappa shape index (κ2) is 8.37. The van der Waals surface area contributed by atoms with Crippen LogP contribution in [0.4, 0.5) is 17.2 Å². The number of nitrogens with zero attached hydrogens (tertiary/aromatic N) is 3. The van der Waals surface area contributed by atoms with E-state index in [1.165, 1.54) is 24.1 Å². The summed E-state index contributed by atoms with van der Waals surface area (Å²) >= 11 is 1.38. The fraction of sp³-hybridized carbons (Fsp3) is 0.409. The van der Waals surface area contributed by atoms with Crippen molar-refractivity contribution in [3.8, 4) is 0 Å². The summed E-state index contributed by atoms with van der Waals surface area (Å²) in [6, 6.07) is 8.13. The predicted molar refractivity (Wildman–Crippen MR) is 118 cm³/mol. The number of rotatable bonds is 5. The van der Waals surface area contributed by atoms with Gasteiger partial charge in [0.2, 0.25) is 0 Å². The van der Waals surface area contributed by atoms with Crippen molar-refractivity contribution >= 4 is 44.7 Å². The summed E-state index contributed by atoms with van der Waals surface area (Å²) in [7, 11) is 4.03. The Balaban J connectivity index is 1.60. The number of carbonyl (C=O) groups excluding carboxylic acids is 1. The fourth-order valence-electron chi connectivity index (χ4n) is 3.73. The molecule has 0 atom stereocenters. The molecule has 1 fully saturated rings. The zero-order valence-electron chi connectivity index (χ0n) is 17.1. The van der Waals surface area contributed by atoms with Crippen LogP contribution in [0, 0.1) is 6.92 Å². The van der Waals surface area contributed by atoms with Crippen LogP contribution >= 0.6 is 11.3 Å². The van der Waals surface area contributed by atoms with Gasteiger partial charge in [-0.2, -0.15) is 0 Å². The Labute approximate surface area is 174 Å². The summed E-state index contributed by atoms with van der Waals surface area (Å²) in [4.78, 5) is 25.1. The normalized spacial score (nSPS) is 14.7. The lowest BCUT2D eigenvalue weighted by molar-refractivity contribution is 0.0216. The molecule has 1 N–H and O–H groups in total. The average molecular weight is 411 g/mol. The lowest BCUT2D eigenvalue weighted by Gasteiger charge is -2.21. The van der Waals surface area contributed by atoms with Gasteiger partial charge in [0.1, 0.15) is 28.0 Å². The first-order valence-corrected chi connectivity index (χ1v) is 10.8. The van der Waals surface area contributed by atoms with E-state index in [2.05, 4.69) is 20.2 Å². The van der Waals surface area contributed by atoms with Crippen LogP contribution < -0.4 is 10.2 Å². The van der Waals surface area contributed by atoms with Gasteiger partial charge in [-0.1, -0.05) is 6.42 Å². The van der Waals surface area contributed by atoms with Crippen molar-refractivity contribution in [1.29, 1.82) is 0 Å². The molecule has 1 aromatic carbocycles. The third-order valence-corrected chi connectivity index (χ3v) is 6.56. The minimum Gasteiger partial charge on any atom is -0.458 e. The van der Waals surface area contributed by atoms with Gasteiger partial charge in [0.15, 0.2) is 0 Å². The van der Waals surface area contributed by atoms with Crippen molar-refractivity contribution in [2.45, 2.75) is 45.1 Å². The Hall–Kier alpha value is -2.67. The molecule has 0 amide bonds. The Morgan fingerprint density at radius 2 is 1.86 bits per heavy atom. The highest BCUT2D eigenvalue weighted by atomic mass is 32.1. The molecule has 0 spiro atoms. The van der Waals surface area contributed by atoms with Crippen molar-refractivity contribution < 1.29 is 9.53 Å². The molecule has 3 aromatic rings. The average Bonchev–Trinajstić information content (AvgIpc) is 3.07. The van der Waals surface area contributed by atoms with E-state index in [1.807, 2.05) is 45.3 Å². The standard InChI is InChI=1S/C22H26N4O2S/c1-14-18-20(25-15-9-11-16(12-10-15)26(2)3)23-13-24-21(18)29-19(14)22(27)28-17-7-5-4-6-8-17/h9-13,17H,4-8H2,1-3H3,(H,23,24,25). The topological polar surface area (TPSA) is 67.3 Å². The van der Waals surface area contributed by atoms with Gasteiger partial charge in [0, 0.05) is 25.5 Å². The minimum absolute atomic E-state index is 0.0414. The van der Waals surface area contributed by atoms with E-state index in [1.54, 1.807) is 0 Å². The summed E-state index contributed by atoms with van der Waals surface area (Å²) in [5.74, 6) is 0.469. The number of benzene rings is 1. The number of esters is 1. The van der Waals surface area contributed by atoms with Crippen LogP contribution in [0.25, 0.3) is 10.2 Å². The van der Waals surface area contributed by atoms with E-state index in [-0.39, 0.29) is 12.1 Å². The Morgan fingerprint density at radius 3 is 2.55 bits per heavy atom. The van der Waals surface area contributed by atoms with Gasteiger partial charge < -0.3 is 15.0 Å². The molecule has 0 aliphatic heterocycles. The monoisotopic (exact) mass is 410 g/mol. The van der Waals surface area contributed by atoms with Crippen molar-refractivity contribution in [2.75, 3.05) is 24.3 Å².